The monoisotopic (exact) mass is 257 g/mol. The Labute approximate surface area is 117 Å². The van der Waals surface area contributed by atoms with Crippen LogP contribution in [0.1, 0.15) is 63.1 Å². The summed E-state index contributed by atoms with van der Waals surface area (Å²) in [4.78, 5) is 0. The zero-order valence-corrected chi connectivity index (χ0v) is 12.4. The summed E-state index contributed by atoms with van der Waals surface area (Å²) in [6, 6.07) is 10.4. The van der Waals surface area contributed by atoms with E-state index in [1.54, 1.807) is 11.1 Å². The fourth-order valence-electron chi connectivity index (χ4n) is 3.93. The van der Waals surface area contributed by atoms with Crippen LogP contribution in [-0.4, -0.2) is 6.04 Å². The minimum Gasteiger partial charge on any atom is -0.306 e. The van der Waals surface area contributed by atoms with Crippen LogP contribution in [0.25, 0.3) is 0 Å². The first kappa shape index (κ1) is 13.2. The summed E-state index contributed by atoms with van der Waals surface area (Å²) >= 11 is 0. The summed E-state index contributed by atoms with van der Waals surface area (Å²) in [5.74, 6) is 1.58. The van der Waals surface area contributed by atoms with Gasteiger partial charge in [-0.05, 0) is 42.2 Å². The predicted molar refractivity (Wildman–Crippen MR) is 81.2 cm³/mol. The Kier molecular flexibility index (Phi) is 3.93. The lowest BCUT2D eigenvalue weighted by molar-refractivity contribution is 0.221. The van der Waals surface area contributed by atoms with Gasteiger partial charge in [0.05, 0.1) is 0 Å². The van der Waals surface area contributed by atoms with Crippen LogP contribution in [0.3, 0.4) is 0 Å². The molecule has 1 aromatic carbocycles. The van der Waals surface area contributed by atoms with E-state index in [9.17, 15) is 0 Å². The summed E-state index contributed by atoms with van der Waals surface area (Å²) in [6.07, 6.45) is 8.33. The molecular weight excluding hydrogens is 230 g/mol. The molecule has 104 valence electrons. The molecular formula is C18H27N. The molecule has 2 atom stereocenters. The molecule has 1 nitrogen and oxygen atoms in total. The van der Waals surface area contributed by atoms with E-state index in [2.05, 4.69) is 43.4 Å². The molecule has 1 fully saturated rings. The van der Waals surface area contributed by atoms with Crippen LogP contribution in [0, 0.1) is 11.8 Å². The third-order valence-electron chi connectivity index (χ3n) is 5.15. The smallest absolute Gasteiger partial charge is 0.0354 e. The number of hydrogen-bond donors (Lipinski definition) is 1. The highest BCUT2D eigenvalue weighted by Gasteiger charge is 2.33. The molecule has 0 saturated heterocycles. The topological polar surface area (TPSA) is 12.0 Å². The Balaban J connectivity index is 1.88. The zero-order valence-electron chi connectivity index (χ0n) is 12.4. The average molecular weight is 257 g/mol. The van der Waals surface area contributed by atoms with Gasteiger partial charge in [-0.2, -0.15) is 0 Å². The van der Waals surface area contributed by atoms with Crippen molar-refractivity contribution >= 4 is 0 Å². The van der Waals surface area contributed by atoms with Gasteiger partial charge in [0.25, 0.3) is 0 Å². The highest BCUT2D eigenvalue weighted by Crippen LogP contribution is 2.39. The van der Waals surface area contributed by atoms with Crippen molar-refractivity contribution < 1.29 is 0 Å². The molecule has 1 saturated carbocycles. The van der Waals surface area contributed by atoms with Crippen molar-refractivity contribution in [2.75, 3.05) is 0 Å². The molecule has 1 aromatic rings. The fourth-order valence-corrected chi connectivity index (χ4v) is 3.93. The van der Waals surface area contributed by atoms with E-state index in [1.807, 2.05) is 0 Å². The van der Waals surface area contributed by atoms with Crippen molar-refractivity contribution in [3.63, 3.8) is 0 Å². The molecule has 0 aromatic heterocycles. The molecule has 1 N–H and O–H groups in total. The normalized spacial score (nSPS) is 28.4. The standard InChI is InChI=1S/C18H27N/c1-13(2)17-12-15-10-6-7-11-16(15)18(19-17)14-8-4-3-5-9-14/h6-7,10-11,13-14,17-19H,3-5,8-9,12H2,1-2H3. The van der Waals surface area contributed by atoms with Crippen LogP contribution >= 0.6 is 0 Å². The van der Waals surface area contributed by atoms with E-state index >= 15 is 0 Å². The predicted octanol–water partition coefficient (Wildman–Crippen LogP) is 4.48. The zero-order chi connectivity index (χ0) is 13.2. The van der Waals surface area contributed by atoms with Gasteiger partial charge >= 0.3 is 0 Å². The maximum atomic E-state index is 3.98. The van der Waals surface area contributed by atoms with E-state index in [0.717, 1.165) is 11.8 Å². The first-order chi connectivity index (χ1) is 9.25. The Morgan fingerprint density at radius 2 is 1.79 bits per heavy atom. The molecule has 1 aliphatic carbocycles. The maximum Gasteiger partial charge on any atom is 0.0354 e. The van der Waals surface area contributed by atoms with Gasteiger partial charge in [-0.3, -0.25) is 0 Å². The van der Waals surface area contributed by atoms with Crippen LogP contribution in [-0.2, 0) is 6.42 Å². The van der Waals surface area contributed by atoms with E-state index in [4.69, 9.17) is 0 Å². The molecule has 0 bridgehead atoms. The van der Waals surface area contributed by atoms with Gasteiger partial charge < -0.3 is 5.32 Å². The lowest BCUT2D eigenvalue weighted by atomic mass is 9.76. The number of rotatable bonds is 2. The molecule has 2 unspecified atom stereocenters. The lowest BCUT2D eigenvalue weighted by Gasteiger charge is -2.40. The largest absolute Gasteiger partial charge is 0.306 e. The van der Waals surface area contributed by atoms with Crippen molar-refractivity contribution in [3.8, 4) is 0 Å². The highest BCUT2D eigenvalue weighted by molar-refractivity contribution is 5.34. The van der Waals surface area contributed by atoms with E-state index in [-0.39, 0.29) is 0 Å². The molecule has 1 heteroatoms. The molecule has 19 heavy (non-hydrogen) atoms. The van der Waals surface area contributed by atoms with Crippen LogP contribution in [0.4, 0.5) is 0 Å². The van der Waals surface area contributed by atoms with Crippen LogP contribution in [0.2, 0.25) is 0 Å². The van der Waals surface area contributed by atoms with Crippen molar-refractivity contribution in [2.24, 2.45) is 11.8 Å². The molecule has 3 rings (SSSR count). The van der Waals surface area contributed by atoms with Crippen molar-refractivity contribution in [1.29, 1.82) is 0 Å². The second-order valence-electron chi connectivity index (χ2n) is 6.80. The van der Waals surface area contributed by atoms with Crippen LogP contribution < -0.4 is 5.32 Å². The first-order valence-corrected chi connectivity index (χ1v) is 8.09. The Morgan fingerprint density at radius 1 is 1.05 bits per heavy atom. The summed E-state index contributed by atoms with van der Waals surface area (Å²) in [5.41, 5.74) is 3.18. The Morgan fingerprint density at radius 3 is 2.53 bits per heavy atom. The van der Waals surface area contributed by atoms with E-state index in [1.165, 1.54) is 38.5 Å². The van der Waals surface area contributed by atoms with Crippen LogP contribution in [0.5, 0.6) is 0 Å². The maximum absolute atomic E-state index is 3.98. The van der Waals surface area contributed by atoms with Gasteiger partial charge in [0.15, 0.2) is 0 Å². The molecule has 1 aliphatic heterocycles. The summed E-state index contributed by atoms with van der Waals surface area (Å²) in [7, 11) is 0. The lowest BCUT2D eigenvalue weighted by Crippen LogP contribution is -2.45. The molecule has 2 aliphatic rings. The third kappa shape index (κ3) is 2.72. The van der Waals surface area contributed by atoms with Crippen LogP contribution in [0.15, 0.2) is 24.3 Å². The summed E-state index contributed by atoms with van der Waals surface area (Å²) in [5, 5.41) is 3.98. The third-order valence-corrected chi connectivity index (χ3v) is 5.15. The average Bonchev–Trinajstić information content (AvgIpc) is 2.47. The molecule has 1 heterocycles. The fraction of sp³-hybridized carbons (Fsp3) is 0.667. The molecule has 0 amide bonds. The van der Waals surface area contributed by atoms with Gasteiger partial charge in [0.2, 0.25) is 0 Å². The second kappa shape index (κ2) is 5.66. The van der Waals surface area contributed by atoms with E-state index < -0.39 is 0 Å². The molecule has 0 radical (unpaired) electrons. The first-order valence-electron chi connectivity index (χ1n) is 8.09. The van der Waals surface area contributed by atoms with Crippen molar-refractivity contribution in [1.82, 2.24) is 5.32 Å². The number of nitrogens with one attached hydrogen (secondary N) is 1. The van der Waals surface area contributed by atoms with Gasteiger partial charge in [0, 0.05) is 12.1 Å². The quantitative estimate of drug-likeness (QED) is 0.823. The minimum absolute atomic E-state index is 0.609. The van der Waals surface area contributed by atoms with E-state index in [0.29, 0.717) is 12.1 Å². The highest BCUT2D eigenvalue weighted by atomic mass is 15.0. The number of benzene rings is 1. The summed E-state index contributed by atoms with van der Waals surface area (Å²) in [6.45, 7) is 4.70. The van der Waals surface area contributed by atoms with Gasteiger partial charge in [0.1, 0.15) is 0 Å². The Bertz CT molecular complexity index is 417. The van der Waals surface area contributed by atoms with Gasteiger partial charge in [-0.1, -0.05) is 57.4 Å². The van der Waals surface area contributed by atoms with Gasteiger partial charge in [-0.15, -0.1) is 0 Å². The summed E-state index contributed by atoms with van der Waals surface area (Å²) < 4.78 is 0. The minimum atomic E-state index is 0.609. The second-order valence-corrected chi connectivity index (χ2v) is 6.80. The Hall–Kier alpha value is -0.820. The van der Waals surface area contributed by atoms with Crippen molar-refractivity contribution in [2.45, 2.75) is 64.5 Å². The molecule has 0 spiro atoms. The number of hydrogen-bond acceptors (Lipinski definition) is 1. The number of fused-ring (bicyclic) bond motifs is 1. The van der Waals surface area contributed by atoms with Gasteiger partial charge in [-0.25, -0.2) is 0 Å². The van der Waals surface area contributed by atoms with Crippen molar-refractivity contribution in [3.05, 3.63) is 35.4 Å². The SMILES string of the molecule is CC(C)C1Cc2ccccc2C(C2CCCCC2)N1.